The fourth-order valence-corrected chi connectivity index (χ4v) is 2.93. The smallest absolute Gasteiger partial charge is 0.294 e. The molecule has 2 amide bonds. The molecule has 1 N–H and O–H groups in total. The van der Waals surface area contributed by atoms with E-state index in [2.05, 4.69) is 5.32 Å². The van der Waals surface area contributed by atoms with E-state index >= 15 is 0 Å². The lowest BCUT2D eigenvalue weighted by molar-refractivity contribution is -0.123. The van der Waals surface area contributed by atoms with Crippen LogP contribution < -0.4 is 15.0 Å². The van der Waals surface area contributed by atoms with E-state index in [1.165, 1.54) is 4.90 Å². The first kappa shape index (κ1) is 19.0. The molecule has 1 aliphatic rings. The number of ether oxygens (including phenoxy) is 1. The largest absolute Gasteiger partial charge is 0.449 e. The second-order valence-electron chi connectivity index (χ2n) is 6.40. The van der Waals surface area contributed by atoms with Crippen LogP contribution in [-0.2, 0) is 9.59 Å². The van der Waals surface area contributed by atoms with Gasteiger partial charge in [-0.2, -0.15) is 0 Å². The summed E-state index contributed by atoms with van der Waals surface area (Å²) in [7, 11) is 0. The van der Waals surface area contributed by atoms with Gasteiger partial charge in [-0.1, -0.05) is 42.8 Å². The van der Waals surface area contributed by atoms with Gasteiger partial charge >= 0.3 is 0 Å². The third-order valence-electron chi connectivity index (χ3n) is 4.30. The fourth-order valence-electron chi connectivity index (χ4n) is 2.73. The maximum absolute atomic E-state index is 13.0. The van der Waals surface area contributed by atoms with Gasteiger partial charge in [-0.3, -0.25) is 14.5 Å². The van der Waals surface area contributed by atoms with Crippen molar-refractivity contribution in [2.45, 2.75) is 26.3 Å². The molecule has 6 heteroatoms. The number of halogens is 1. The highest BCUT2D eigenvalue weighted by Crippen LogP contribution is 2.35. The van der Waals surface area contributed by atoms with Gasteiger partial charge in [0.25, 0.3) is 5.91 Å². The van der Waals surface area contributed by atoms with Crippen molar-refractivity contribution in [2.75, 3.05) is 11.4 Å². The van der Waals surface area contributed by atoms with Gasteiger partial charge < -0.3 is 10.1 Å². The Morgan fingerprint density at radius 3 is 2.78 bits per heavy atom. The zero-order valence-corrected chi connectivity index (χ0v) is 16.0. The van der Waals surface area contributed by atoms with Crippen molar-refractivity contribution < 1.29 is 14.3 Å². The standard InChI is InChI=1S/C21H21ClN2O3/c1-3-14(2)23-20(25)13-24-17-9-4-5-10-18(17)27-19(21(24)26)12-15-7-6-8-16(22)11-15/h4-12,14H,3,13H2,1-2H3,(H,23,25)/b19-12+/t14-/m0/s1. The monoisotopic (exact) mass is 384 g/mol. The summed E-state index contributed by atoms with van der Waals surface area (Å²) in [5.74, 6) is 0.0958. The Bertz CT molecular complexity index is 895. The van der Waals surface area contributed by atoms with E-state index in [4.69, 9.17) is 16.3 Å². The third kappa shape index (κ3) is 4.49. The SMILES string of the molecule is CC[C@H](C)NC(=O)CN1C(=O)/C(=C\c2cccc(Cl)c2)Oc2ccccc21. The second kappa shape index (κ2) is 8.27. The average molecular weight is 385 g/mol. The molecule has 140 valence electrons. The number of carbonyl (C=O) groups is 2. The van der Waals surface area contributed by atoms with Gasteiger partial charge in [0.15, 0.2) is 11.5 Å². The summed E-state index contributed by atoms with van der Waals surface area (Å²) in [6.45, 7) is 3.85. The zero-order valence-electron chi connectivity index (χ0n) is 15.2. The lowest BCUT2D eigenvalue weighted by Crippen LogP contribution is -2.46. The van der Waals surface area contributed by atoms with Crippen molar-refractivity contribution in [2.24, 2.45) is 0 Å². The molecule has 0 radical (unpaired) electrons. The molecule has 1 aliphatic heterocycles. The van der Waals surface area contributed by atoms with E-state index in [1.807, 2.05) is 26.0 Å². The molecule has 0 aromatic heterocycles. The van der Waals surface area contributed by atoms with Gasteiger partial charge in [-0.25, -0.2) is 0 Å². The van der Waals surface area contributed by atoms with Gasteiger partial charge in [0, 0.05) is 11.1 Å². The predicted molar refractivity (Wildman–Crippen MR) is 107 cm³/mol. The van der Waals surface area contributed by atoms with Gasteiger partial charge in [0.2, 0.25) is 5.91 Å². The molecule has 0 fully saturated rings. The summed E-state index contributed by atoms with van der Waals surface area (Å²) in [5, 5.41) is 3.46. The number of amides is 2. The number of para-hydroxylation sites is 2. The highest BCUT2D eigenvalue weighted by molar-refractivity contribution is 6.30. The molecule has 0 bridgehead atoms. The zero-order chi connectivity index (χ0) is 19.4. The molecule has 0 aliphatic carbocycles. The minimum Gasteiger partial charge on any atom is -0.449 e. The van der Waals surface area contributed by atoms with Gasteiger partial charge in [0.1, 0.15) is 6.54 Å². The van der Waals surface area contributed by atoms with Crippen LogP contribution in [0.15, 0.2) is 54.3 Å². The first-order valence-electron chi connectivity index (χ1n) is 8.83. The maximum atomic E-state index is 13.0. The van der Waals surface area contributed by atoms with Crippen LogP contribution in [0.4, 0.5) is 5.69 Å². The number of rotatable bonds is 5. The molecule has 3 rings (SSSR count). The first-order valence-corrected chi connectivity index (χ1v) is 9.21. The van der Waals surface area contributed by atoms with Gasteiger partial charge in [-0.05, 0) is 49.2 Å². The van der Waals surface area contributed by atoms with Crippen molar-refractivity contribution in [3.63, 3.8) is 0 Å². The van der Waals surface area contributed by atoms with Crippen molar-refractivity contribution in [1.82, 2.24) is 5.32 Å². The van der Waals surface area contributed by atoms with Crippen LogP contribution in [0.1, 0.15) is 25.8 Å². The van der Waals surface area contributed by atoms with Gasteiger partial charge in [-0.15, -0.1) is 0 Å². The number of nitrogens with zero attached hydrogens (tertiary/aromatic N) is 1. The number of carbonyl (C=O) groups excluding carboxylic acids is 2. The Morgan fingerprint density at radius 1 is 1.26 bits per heavy atom. The van der Waals surface area contributed by atoms with Crippen LogP contribution in [0.3, 0.4) is 0 Å². The first-order chi connectivity index (χ1) is 13.0. The second-order valence-corrected chi connectivity index (χ2v) is 6.84. The van der Waals surface area contributed by atoms with Crippen LogP contribution in [0.2, 0.25) is 5.02 Å². The van der Waals surface area contributed by atoms with Crippen molar-refractivity contribution in [3.05, 3.63) is 64.9 Å². The normalized spacial score (nSPS) is 15.9. The minimum absolute atomic E-state index is 0.0466. The molecule has 0 unspecified atom stereocenters. The summed E-state index contributed by atoms with van der Waals surface area (Å²) in [6.07, 6.45) is 2.45. The summed E-state index contributed by atoms with van der Waals surface area (Å²) >= 11 is 6.02. The van der Waals surface area contributed by atoms with Crippen LogP contribution in [-0.4, -0.2) is 24.4 Å². The van der Waals surface area contributed by atoms with Gasteiger partial charge in [0.05, 0.1) is 5.69 Å². The van der Waals surface area contributed by atoms with Crippen LogP contribution in [0.5, 0.6) is 5.75 Å². The van der Waals surface area contributed by atoms with Crippen LogP contribution >= 0.6 is 11.6 Å². The molecule has 27 heavy (non-hydrogen) atoms. The fraction of sp³-hybridized carbons (Fsp3) is 0.238. The molecular weight excluding hydrogens is 364 g/mol. The quantitative estimate of drug-likeness (QED) is 0.792. The molecule has 5 nitrogen and oxygen atoms in total. The average Bonchev–Trinajstić information content (AvgIpc) is 2.65. The third-order valence-corrected chi connectivity index (χ3v) is 4.53. The highest BCUT2D eigenvalue weighted by Gasteiger charge is 2.31. The highest BCUT2D eigenvalue weighted by atomic mass is 35.5. The number of nitrogens with one attached hydrogen (secondary N) is 1. The van der Waals surface area contributed by atoms with E-state index in [1.54, 1.807) is 42.5 Å². The Labute approximate surface area is 163 Å². The predicted octanol–water partition coefficient (Wildman–Crippen LogP) is 4.02. The molecule has 2 aromatic rings. The van der Waals surface area contributed by atoms with Crippen molar-refractivity contribution >= 4 is 35.2 Å². The van der Waals surface area contributed by atoms with Crippen molar-refractivity contribution in [1.29, 1.82) is 0 Å². The minimum atomic E-state index is -0.368. The summed E-state index contributed by atoms with van der Waals surface area (Å²) in [6, 6.07) is 14.3. The molecule has 1 atom stereocenters. The Balaban J connectivity index is 1.92. The number of anilines is 1. The summed E-state index contributed by atoms with van der Waals surface area (Å²) in [4.78, 5) is 26.8. The van der Waals surface area contributed by atoms with Crippen molar-refractivity contribution in [3.8, 4) is 5.75 Å². The number of hydrogen-bond donors (Lipinski definition) is 1. The number of hydrogen-bond acceptors (Lipinski definition) is 3. The lowest BCUT2D eigenvalue weighted by Gasteiger charge is -2.30. The summed E-state index contributed by atoms with van der Waals surface area (Å²) < 4.78 is 5.80. The Kier molecular flexibility index (Phi) is 5.81. The Hall–Kier alpha value is -2.79. The van der Waals surface area contributed by atoms with E-state index in [9.17, 15) is 9.59 Å². The maximum Gasteiger partial charge on any atom is 0.294 e. The Morgan fingerprint density at radius 2 is 2.04 bits per heavy atom. The van der Waals surface area contributed by atoms with E-state index < -0.39 is 0 Å². The summed E-state index contributed by atoms with van der Waals surface area (Å²) in [5.41, 5.74) is 1.32. The van der Waals surface area contributed by atoms with E-state index in [0.717, 1.165) is 12.0 Å². The molecule has 1 heterocycles. The molecule has 0 saturated carbocycles. The topological polar surface area (TPSA) is 58.6 Å². The van der Waals surface area contributed by atoms with Crippen LogP contribution in [0.25, 0.3) is 6.08 Å². The number of fused-ring (bicyclic) bond motifs is 1. The van der Waals surface area contributed by atoms with E-state index in [-0.39, 0.29) is 30.2 Å². The molecule has 0 spiro atoms. The molecular formula is C21H21ClN2O3. The molecule has 0 saturated heterocycles. The van der Waals surface area contributed by atoms with Crippen LogP contribution in [0, 0.1) is 0 Å². The van der Waals surface area contributed by atoms with E-state index in [0.29, 0.717) is 16.5 Å². The lowest BCUT2D eigenvalue weighted by atomic mass is 10.1. The molecule has 2 aromatic carbocycles. The number of benzene rings is 2.